The van der Waals surface area contributed by atoms with E-state index in [1.165, 1.54) is 180 Å². The summed E-state index contributed by atoms with van der Waals surface area (Å²) in [7, 11) is 0. The summed E-state index contributed by atoms with van der Waals surface area (Å²) in [5.41, 5.74) is 0. The zero-order valence-electron chi connectivity index (χ0n) is 60.0. The van der Waals surface area contributed by atoms with E-state index in [1.807, 2.05) is 6.08 Å². The third-order valence-electron chi connectivity index (χ3n) is 19.0. The molecule has 0 spiro atoms. The molecule has 0 aromatic carbocycles. The van der Waals surface area contributed by atoms with E-state index in [0.29, 0.717) is 6.42 Å². The predicted molar refractivity (Wildman–Crippen MR) is 383 cm³/mol. The third kappa shape index (κ3) is 39.5. The second-order valence-electron chi connectivity index (χ2n) is 27.4. The molecule has 0 saturated carbocycles. The molecule has 3 aliphatic rings. The van der Waals surface area contributed by atoms with Crippen LogP contribution in [0.25, 0.3) is 0 Å². The monoisotopic (exact) mass is 1380 g/mol. The minimum atomic E-state index is -1.98. The molecule has 0 aromatic rings. The molecule has 17 atom stereocenters. The van der Waals surface area contributed by atoms with E-state index in [0.717, 1.165) is 77.0 Å². The summed E-state index contributed by atoms with van der Waals surface area (Å²) in [6.45, 7) is 1.63. The Labute approximate surface area is 585 Å². The molecule has 12 N–H and O–H groups in total. The lowest BCUT2D eigenvalue weighted by molar-refractivity contribution is -0.379. The van der Waals surface area contributed by atoms with Gasteiger partial charge in [0.25, 0.3) is 0 Å². The van der Waals surface area contributed by atoms with E-state index in [2.05, 4.69) is 79.9 Å². The van der Waals surface area contributed by atoms with Gasteiger partial charge in [-0.2, -0.15) is 0 Å². The van der Waals surface area contributed by atoms with Crippen molar-refractivity contribution in [1.82, 2.24) is 5.32 Å². The zero-order valence-corrected chi connectivity index (χ0v) is 60.0. The van der Waals surface area contributed by atoms with Crippen molar-refractivity contribution in [2.24, 2.45) is 0 Å². The molecule has 19 nitrogen and oxygen atoms in total. The SMILES string of the molecule is CC/C=C\C/C=C\C/C=C\C/C=C\C/C=C\CCCCCCCCCCCCCCCCCCCCCCCC(=O)NC(COC1OC(CO)C(OC2OC(CO)C(OC3OC(CO)C(O)C(O)C3O)C(O)C2O)C(O)C1O)C(O)/C=C/CCCCCCCCCCCCCCC. The second-order valence-corrected chi connectivity index (χ2v) is 27.4. The Balaban J connectivity index is 1.32. The van der Waals surface area contributed by atoms with Crippen LogP contribution in [0.3, 0.4) is 0 Å². The molecule has 3 rings (SSSR count). The van der Waals surface area contributed by atoms with E-state index >= 15 is 0 Å². The van der Waals surface area contributed by atoms with Gasteiger partial charge in [-0.05, 0) is 64.2 Å². The lowest BCUT2D eigenvalue weighted by atomic mass is 9.96. The number of carbonyl (C=O) groups is 1. The van der Waals surface area contributed by atoms with E-state index in [-0.39, 0.29) is 18.9 Å². The number of amides is 1. The number of aliphatic hydroxyl groups excluding tert-OH is 11. The number of unbranched alkanes of at least 4 members (excludes halogenated alkanes) is 34. The van der Waals surface area contributed by atoms with Gasteiger partial charge in [0.1, 0.15) is 73.2 Å². The van der Waals surface area contributed by atoms with Gasteiger partial charge in [-0.1, -0.05) is 286 Å². The first-order chi connectivity index (χ1) is 47.3. The fraction of sp³-hybridized carbons (Fsp3) is 0.833. The topological polar surface area (TPSA) is 307 Å². The summed E-state index contributed by atoms with van der Waals surface area (Å²) in [5.74, 6) is -0.273. The lowest BCUT2D eigenvalue weighted by Crippen LogP contribution is -2.66. The molecule has 564 valence electrons. The molecular weight excluding hydrogens is 1240 g/mol. The van der Waals surface area contributed by atoms with Gasteiger partial charge in [0.05, 0.1) is 38.6 Å². The minimum Gasteiger partial charge on any atom is -0.394 e. The lowest BCUT2D eigenvalue weighted by Gasteiger charge is -2.48. The van der Waals surface area contributed by atoms with Crippen LogP contribution in [-0.4, -0.2) is 193 Å². The molecule has 0 radical (unpaired) electrons. The summed E-state index contributed by atoms with van der Waals surface area (Å²) in [4.78, 5) is 13.4. The van der Waals surface area contributed by atoms with Crippen molar-refractivity contribution in [3.05, 3.63) is 72.9 Å². The molecule has 3 fully saturated rings. The molecule has 17 unspecified atom stereocenters. The van der Waals surface area contributed by atoms with Crippen LogP contribution in [0, 0.1) is 0 Å². The number of hydrogen-bond donors (Lipinski definition) is 12. The van der Waals surface area contributed by atoms with Crippen molar-refractivity contribution in [3.8, 4) is 0 Å². The van der Waals surface area contributed by atoms with Crippen LogP contribution in [0.1, 0.15) is 284 Å². The van der Waals surface area contributed by atoms with Gasteiger partial charge in [-0.15, -0.1) is 0 Å². The van der Waals surface area contributed by atoms with Crippen LogP contribution in [-0.2, 0) is 33.2 Å². The molecular formula is C78H139NO18. The van der Waals surface area contributed by atoms with Crippen molar-refractivity contribution in [3.63, 3.8) is 0 Å². The van der Waals surface area contributed by atoms with Crippen molar-refractivity contribution < 1.29 is 89.4 Å². The van der Waals surface area contributed by atoms with Crippen LogP contribution in [0.15, 0.2) is 72.9 Å². The Morgan fingerprint density at radius 2 is 0.711 bits per heavy atom. The number of allylic oxidation sites excluding steroid dienone is 11. The maximum Gasteiger partial charge on any atom is 0.220 e. The van der Waals surface area contributed by atoms with Crippen molar-refractivity contribution >= 4 is 5.91 Å². The highest BCUT2D eigenvalue weighted by Crippen LogP contribution is 2.33. The number of aliphatic hydroxyl groups is 11. The van der Waals surface area contributed by atoms with Gasteiger partial charge in [0, 0.05) is 6.42 Å². The first-order valence-electron chi connectivity index (χ1n) is 38.7. The molecule has 97 heavy (non-hydrogen) atoms. The fourth-order valence-electron chi connectivity index (χ4n) is 12.8. The van der Waals surface area contributed by atoms with Crippen molar-refractivity contribution in [2.75, 3.05) is 26.4 Å². The molecule has 3 aliphatic heterocycles. The molecule has 3 heterocycles. The number of rotatable bonds is 60. The van der Waals surface area contributed by atoms with Gasteiger partial charge < -0.3 is 89.9 Å². The Morgan fingerprint density at radius 1 is 0.381 bits per heavy atom. The minimum absolute atomic E-state index is 0.244. The Hall–Kier alpha value is -2.77. The number of ether oxygens (including phenoxy) is 6. The van der Waals surface area contributed by atoms with Crippen molar-refractivity contribution in [1.29, 1.82) is 0 Å². The van der Waals surface area contributed by atoms with Gasteiger partial charge in [0.15, 0.2) is 18.9 Å². The normalized spacial score (nSPS) is 27.3. The van der Waals surface area contributed by atoms with Crippen LogP contribution in [0.4, 0.5) is 0 Å². The Bertz CT molecular complexity index is 2040. The number of nitrogens with one attached hydrogen (secondary N) is 1. The molecule has 1 amide bonds. The van der Waals surface area contributed by atoms with Crippen LogP contribution < -0.4 is 5.32 Å². The first kappa shape index (κ1) is 88.4. The summed E-state index contributed by atoms with van der Waals surface area (Å²) >= 11 is 0. The molecule has 19 heteroatoms. The van der Waals surface area contributed by atoms with Crippen LogP contribution >= 0.6 is 0 Å². The summed E-state index contributed by atoms with van der Waals surface area (Å²) in [5, 5.41) is 121. The second kappa shape index (κ2) is 58.7. The van der Waals surface area contributed by atoms with E-state index in [9.17, 15) is 61.0 Å². The van der Waals surface area contributed by atoms with Gasteiger partial charge >= 0.3 is 0 Å². The predicted octanol–water partition coefficient (Wildman–Crippen LogP) is 12.1. The maximum atomic E-state index is 13.4. The van der Waals surface area contributed by atoms with E-state index in [4.69, 9.17) is 28.4 Å². The van der Waals surface area contributed by atoms with Crippen molar-refractivity contribution in [2.45, 2.75) is 388 Å². The molecule has 0 aliphatic carbocycles. The standard InChI is InChI=1S/C78H139NO18/c1-3-5-7-9-11-13-15-17-19-20-21-22-23-24-25-26-27-28-29-30-31-32-33-34-35-36-37-38-39-40-42-44-46-48-50-52-54-56-66(84)79-61(62(83)55-53-51-49-47-45-43-41-18-16-14-12-10-8-6-4-2)60-92-76-72(90)69(87)74(64(58-81)94-76)97-78-73(91)70(88)75(65(59-82)95-78)96-77-71(89)68(86)67(85)63(57-80)93-77/h5,7,11,13,17,19,21-22,24-25,53,55,61-65,67-78,80-83,85-91H,3-4,6,8-10,12,14-16,18,20,23,26-52,54,56-60H2,1-2H3,(H,79,84)/b7-5-,13-11-,19-17-,22-21-,25-24-,55-53+. The summed E-state index contributed by atoms with van der Waals surface area (Å²) in [6, 6.07) is -0.974. The van der Waals surface area contributed by atoms with E-state index < -0.39 is 124 Å². The fourth-order valence-corrected chi connectivity index (χ4v) is 12.8. The Morgan fingerprint density at radius 3 is 1.11 bits per heavy atom. The smallest absolute Gasteiger partial charge is 0.220 e. The largest absolute Gasteiger partial charge is 0.394 e. The Kier molecular flexibility index (Phi) is 53.5. The van der Waals surface area contributed by atoms with Gasteiger partial charge in [-0.25, -0.2) is 0 Å². The average Bonchev–Trinajstić information content (AvgIpc) is 0.789. The maximum absolute atomic E-state index is 13.4. The summed E-state index contributed by atoms with van der Waals surface area (Å²) in [6.07, 6.45) is 49.0. The molecule has 0 bridgehead atoms. The van der Waals surface area contributed by atoms with Crippen LogP contribution in [0.2, 0.25) is 0 Å². The number of hydrogen-bond acceptors (Lipinski definition) is 18. The van der Waals surface area contributed by atoms with Gasteiger partial charge in [-0.3, -0.25) is 4.79 Å². The summed E-state index contributed by atoms with van der Waals surface area (Å²) < 4.78 is 34.4. The first-order valence-corrected chi connectivity index (χ1v) is 38.7. The highest BCUT2D eigenvalue weighted by molar-refractivity contribution is 5.76. The number of carbonyl (C=O) groups excluding carboxylic acids is 1. The van der Waals surface area contributed by atoms with E-state index in [1.54, 1.807) is 6.08 Å². The average molecular weight is 1380 g/mol. The molecule has 3 saturated heterocycles. The third-order valence-corrected chi connectivity index (χ3v) is 19.0. The highest BCUT2D eigenvalue weighted by Gasteiger charge is 2.53. The zero-order chi connectivity index (χ0) is 70.4. The molecule has 0 aromatic heterocycles. The quantitative estimate of drug-likeness (QED) is 0.0199. The van der Waals surface area contributed by atoms with Crippen LogP contribution in [0.5, 0.6) is 0 Å². The highest BCUT2D eigenvalue weighted by atomic mass is 16.8. The van der Waals surface area contributed by atoms with Gasteiger partial charge in [0.2, 0.25) is 5.91 Å².